The van der Waals surface area contributed by atoms with Gasteiger partial charge in [0.1, 0.15) is 5.60 Å². The van der Waals surface area contributed by atoms with Crippen molar-refractivity contribution in [2.75, 3.05) is 11.1 Å². The van der Waals surface area contributed by atoms with Crippen molar-refractivity contribution in [1.82, 2.24) is 5.32 Å². The van der Waals surface area contributed by atoms with Gasteiger partial charge in [-0.3, -0.25) is 5.32 Å². The van der Waals surface area contributed by atoms with Crippen molar-refractivity contribution < 1.29 is 9.53 Å². The number of ether oxygens (including phenoxy) is 1. The van der Waals surface area contributed by atoms with Gasteiger partial charge in [0.15, 0.2) is 0 Å². The minimum Gasteiger partial charge on any atom is -0.444 e. The Morgan fingerprint density at radius 2 is 2.00 bits per heavy atom. The van der Waals surface area contributed by atoms with Gasteiger partial charge in [0.25, 0.3) is 0 Å². The van der Waals surface area contributed by atoms with Crippen LogP contribution in [-0.4, -0.2) is 28.7 Å². The maximum Gasteiger partial charge on any atom is 0.412 e. The van der Waals surface area contributed by atoms with E-state index in [1.165, 1.54) is 17.7 Å². The lowest BCUT2D eigenvalue weighted by molar-refractivity contribution is 0.0636. The molecule has 1 aliphatic rings. The van der Waals surface area contributed by atoms with Gasteiger partial charge in [-0.05, 0) is 50.6 Å². The molecule has 0 aromatic heterocycles. The second-order valence-corrected chi connectivity index (χ2v) is 8.16. The molecule has 0 spiro atoms. The molecular formula is C17H26N2O2S. The zero-order chi connectivity index (χ0) is 16.2. The maximum absolute atomic E-state index is 11.7. The number of carbonyl (C=O) groups excluding carboxylic acids is 1. The van der Waals surface area contributed by atoms with Gasteiger partial charge in [0.2, 0.25) is 0 Å². The third kappa shape index (κ3) is 5.54. The van der Waals surface area contributed by atoms with E-state index in [0.29, 0.717) is 11.3 Å². The number of carbonyl (C=O) groups is 1. The second-order valence-electron chi connectivity index (χ2n) is 6.68. The lowest BCUT2D eigenvalue weighted by atomic mass is 10.1. The highest BCUT2D eigenvalue weighted by Crippen LogP contribution is 2.26. The molecule has 1 amide bonds. The summed E-state index contributed by atoms with van der Waals surface area (Å²) in [6.07, 6.45) is 0.819. The van der Waals surface area contributed by atoms with E-state index < -0.39 is 11.7 Å². The van der Waals surface area contributed by atoms with E-state index >= 15 is 0 Å². The van der Waals surface area contributed by atoms with E-state index in [4.69, 9.17) is 4.74 Å². The molecule has 2 atom stereocenters. The summed E-state index contributed by atoms with van der Waals surface area (Å²) in [7, 11) is 0. The maximum atomic E-state index is 11.7. The van der Waals surface area contributed by atoms with Crippen molar-refractivity contribution in [2.24, 2.45) is 0 Å². The van der Waals surface area contributed by atoms with Crippen LogP contribution >= 0.6 is 11.8 Å². The van der Waals surface area contributed by atoms with Crippen LogP contribution in [0.15, 0.2) is 24.3 Å². The van der Waals surface area contributed by atoms with Gasteiger partial charge in [-0.1, -0.05) is 19.1 Å². The molecule has 2 rings (SSSR count). The third-order valence-corrected chi connectivity index (χ3v) is 4.87. The quantitative estimate of drug-likeness (QED) is 0.879. The van der Waals surface area contributed by atoms with Gasteiger partial charge in [0.05, 0.1) is 0 Å². The number of rotatable bonds is 4. The average Bonchev–Trinajstić information content (AvgIpc) is 2.81. The molecule has 1 heterocycles. The first-order valence-corrected chi connectivity index (χ1v) is 8.82. The van der Waals surface area contributed by atoms with Gasteiger partial charge < -0.3 is 10.1 Å². The first kappa shape index (κ1) is 17.2. The van der Waals surface area contributed by atoms with Crippen LogP contribution in [-0.2, 0) is 11.3 Å². The number of anilines is 1. The molecule has 1 fully saturated rings. The van der Waals surface area contributed by atoms with E-state index in [9.17, 15) is 4.79 Å². The molecule has 1 aromatic carbocycles. The fourth-order valence-electron chi connectivity index (χ4n) is 2.38. The van der Waals surface area contributed by atoms with Crippen molar-refractivity contribution >= 4 is 23.5 Å². The predicted molar refractivity (Wildman–Crippen MR) is 93.5 cm³/mol. The smallest absolute Gasteiger partial charge is 0.412 e. The fourth-order valence-corrected chi connectivity index (χ4v) is 3.60. The Morgan fingerprint density at radius 3 is 2.55 bits per heavy atom. The fraction of sp³-hybridized carbons (Fsp3) is 0.588. The van der Waals surface area contributed by atoms with Crippen LogP contribution in [0.5, 0.6) is 0 Å². The van der Waals surface area contributed by atoms with Gasteiger partial charge in [-0.2, -0.15) is 11.8 Å². The molecule has 22 heavy (non-hydrogen) atoms. The van der Waals surface area contributed by atoms with E-state index in [1.54, 1.807) is 0 Å². The Kier molecular flexibility index (Phi) is 5.75. The zero-order valence-electron chi connectivity index (χ0n) is 13.8. The second kappa shape index (κ2) is 7.38. The molecule has 1 saturated heterocycles. The Balaban J connectivity index is 1.81. The summed E-state index contributed by atoms with van der Waals surface area (Å²) in [5, 5.41) is 7.04. The monoisotopic (exact) mass is 322 g/mol. The van der Waals surface area contributed by atoms with E-state index in [2.05, 4.69) is 17.6 Å². The summed E-state index contributed by atoms with van der Waals surface area (Å²) in [6, 6.07) is 8.49. The summed E-state index contributed by atoms with van der Waals surface area (Å²) >= 11 is 2.03. The number of amides is 1. The SMILES string of the molecule is CC1SCCC1NCc1ccc(NC(=O)OC(C)(C)C)cc1. The zero-order valence-corrected chi connectivity index (χ0v) is 14.6. The van der Waals surface area contributed by atoms with E-state index in [-0.39, 0.29) is 0 Å². The summed E-state index contributed by atoms with van der Waals surface area (Å²) in [6.45, 7) is 8.70. The van der Waals surface area contributed by atoms with Crippen molar-refractivity contribution in [3.63, 3.8) is 0 Å². The van der Waals surface area contributed by atoms with Crippen molar-refractivity contribution in [3.05, 3.63) is 29.8 Å². The standard InChI is InChI=1S/C17H26N2O2S/c1-12-15(9-10-22-12)18-11-13-5-7-14(8-6-13)19-16(20)21-17(2,3)4/h5-8,12,15,18H,9-11H2,1-4H3,(H,19,20). The lowest BCUT2D eigenvalue weighted by Gasteiger charge is -2.20. The Bertz CT molecular complexity index is 496. The Hall–Kier alpha value is -1.20. The summed E-state index contributed by atoms with van der Waals surface area (Å²) < 4.78 is 5.23. The van der Waals surface area contributed by atoms with Crippen molar-refractivity contribution in [2.45, 2.75) is 57.6 Å². The molecular weight excluding hydrogens is 296 g/mol. The molecule has 0 aliphatic carbocycles. The molecule has 2 N–H and O–H groups in total. The van der Waals surface area contributed by atoms with Crippen LogP contribution in [0.4, 0.5) is 10.5 Å². The summed E-state index contributed by atoms with van der Waals surface area (Å²) in [4.78, 5) is 11.7. The van der Waals surface area contributed by atoms with Crippen LogP contribution < -0.4 is 10.6 Å². The van der Waals surface area contributed by atoms with Crippen molar-refractivity contribution in [3.8, 4) is 0 Å². The summed E-state index contributed by atoms with van der Waals surface area (Å²) in [5.41, 5.74) is 1.49. The number of nitrogens with one attached hydrogen (secondary N) is 2. The minimum atomic E-state index is -0.482. The molecule has 0 radical (unpaired) electrons. The van der Waals surface area contributed by atoms with Gasteiger partial charge >= 0.3 is 6.09 Å². The van der Waals surface area contributed by atoms with Gasteiger partial charge in [-0.15, -0.1) is 0 Å². The molecule has 122 valence electrons. The molecule has 1 aromatic rings. The number of thioether (sulfide) groups is 1. The highest BCUT2D eigenvalue weighted by atomic mass is 32.2. The van der Waals surface area contributed by atoms with E-state index in [1.807, 2.05) is 56.8 Å². The topological polar surface area (TPSA) is 50.4 Å². The van der Waals surface area contributed by atoms with Crippen LogP contribution in [0.1, 0.15) is 39.7 Å². The molecule has 2 unspecified atom stereocenters. The largest absolute Gasteiger partial charge is 0.444 e. The lowest BCUT2D eigenvalue weighted by Crippen LogP contribution is -2.32. The number of hydrogen-bond donors (Lipinski definition) is 2. The molecule has 4 nitrogen and oxygen atoms in total. The number of hydrogen-bond acceptors (Lipinski definition) is 4. The van der Waals surface area contributed by atoms with Crippen molar-refractivity contribution in [1.29, 1.82) is 0 Å². The highest BCUT2D eigenvalue weighted by Gasteiger charge is 2.23. The first-order valence-electron chi connectivity index (χ1n) is 7.77. The Labute approximate surface area is 137 Å². The van der Waals surface area contributed by atoms with Gasteiger partial charge in [0, 0.05) is 23.5 Å². The molecule has 5 heteroatoms. The van der Waals surface area contributed by atoms with Crippen LogP contribution in [0.3, 0.4) is 0 Å². The number of benzene rings is 1. The normalized spacial score (nSPS) is 21.6. The first-order chi connectivity index (χ1) is 10.3. The predicted octanol–water partition coefficient (Wildman–Crippen LogP) is 4.02. The average molecular weight is 322 g/mol. The Morgan fingerprint density at radius 1 is 1.32 bits per heavy atom. The van der Waals surface area contributed by atoms with E-state index in [0.717, 1.165) is 12.2 Å². The van der Waals surface area contributed by atoms with Crippen LogP contribution in [0, 0.1) is 0 Å². The minimum absolute atomic E-state index is 0.421. The van der Waals surface area contributed by atoms with Crippen LogP contribution in [0.2, 0.25) is 0 Å². The van der Waals surface area contributed by atoms with Crippen LogP contribution in [0.25, 0.3) is 0 Å². The molecule has 1 aliphatic heterocycles. The highest BCUT2D eigenvalue weighted by molar-refractivity contribution is 8.00. The molecule has 0 saturated carbocycles. The summed E-state index contributed by atoms with van der Waals surface area (Å²) in [5.74, 6) is 1.25. The molecule has 0 bridgehead atoms. The van der Waals surface area contributed by atoms with Gasteiger partial charge in [-0.25, -0.2) is 4.79 Å². The third-order valence-electron chi connectivity index (χ3n) is 3.54.